The molecule has 1 fully saturated rings. The maximum atomic E-state index is 11.0. The van der Waals surface area contributed by atoms with Gasteiger partial charge in [0.1, 0.15) is 0 Å². The number of benzene rings is 1. The summed E-state index contributed by atoms with van der Waals surface area (Å²) in [5.74, 6) is -0.789. The Labute approximate surface area is 122 Å². The van der Waals surface area contributed by atoms with Gasteiger partial charge in [-0.2, -0.15) is 0 Å². The molecule has 1 aromatic carbocycles. The van der Waals surface area contributed by atoms with Gasteiger partial charge >= 0.3 is 5.97 Å². The van der Waals surface area contributed by atoms with Crippen molar-refractivity contribution in [2.75, 3.05) is 6.54 Å². The predicted molar refractivity (Wildman–Crippen MR) is 77.8 cm³/mol. The first kappa shape index (κ1) is 13.3. The van der Waals surface area contributed by atoms with Crippen molar-refractivity contribution in [1.82, 2.24) is 9.88 Å². The summed E-state index contributed by atoms with van der Waals surface area (Å²) in [7, 11) is 0. The van der Waals surface area contributed by atoms with Gasteiger partial charge < -0.3 is 5.11 Å². The van der Waals surface area contributed by atoms with E-state index in [1.807, 2.05) is 29.2 Å². The van der Waals surface area contributed by atoms with Crippen LogP contribution < -0.4 is 0 Å². The number of aromatic nitrogens is 1. The van der Waals surface area contributed by atoms with Crippen molar-refractivity contribution in [3.8, 4) is 0 Å². The minimum atomic E-state index is -0.789. The van der Waals surface area contributed by atoms with Gasteiger partial charge in [0.15, 0.2) is 0 Å². The maximum Gasteiger partial charge on any atom is 0.317 e. The number of aliphatic carboxylic acids is 1. The molecule has 0 saturated heterocycles. The first-order valence-corrected chi connectivity index (χ1v) is 7.01. The van der Waals surface area contributed by atoms with Gasteiger partial charge in [-0.3, -0.25) is 14.7 Å². The van der Waals surface area contributed by atoms with Crippen LogP contribution in [-0.2, 0) is 11.3 Å². The van der Waals surface area contributed by atoms with E-state index >= 15 is 0 Å². The van der Waals surface area contributed by atoms with Crippen LogP contribution in [0, 0.1) is 0 Å². The van der Waals surface area contributed by atoms with E-state index in [-0.39, 0.29) is 6.54 Å². The van der Waals surface area contributed by atoms with E-state index in [0.29, 0.717) is 17.6 Å². The van der Waals surface area contributed by atoms with Gasteiger partial charge in [0.2, 0.25) is 0 Å². The average molecular weight is 291 g/mol. The van der Waals surface area contributed by atoms with Crippen molar-refractivity contribution in [3.05, 3.63) is 41.0 Å². The standard InChI is InChI=1S/C15H15ClN2O2/c16-13-6-3-10(15-12(13)2-1-7-17-15)8-18(9-14(19)20)11-4-5-11/h1-3,6-7,11H,4-5,8-9H2,(H,19,20). The van der Waals surface area contributed by atoms with Crippen molar-refractivity contribution in [3.63, 3.8) is 0 Å². The first-order valence-electron chi connectivity index (χ1n) is 6.63. The Hall–Kier alpha value is -1.65. The molecule has 1 aliphatic carbocycles. The zero-order valence-electron chi connectivity index (χ0n) is 10.9. The molecule has 1 heterocycles. The van der Waals surface area contributed by atoms with Gasteiger partial charge in [0.25, 0.3) is 0 Å². The molecule has 1 N–H and O–H groups in total. The van der Waals surface area contributed by atoms with Gasteiger partial charge in [-0.25, -0.2) is 0 Å². The smallest absolute Gasteiger partial charge is 0.317 e. The average Bonchev–Trinajstić information content (AvgIpc) is 3.25. The van der Waals surface area contributed by atoms with Crippen LogP contribution >= 0.6 is 11.6 Å². The number of halogens is 1. The fraction of sp³-hybridized carbons (Fsp3) is 0.333. The van der Waals surface area contributed by atoms with Crippen molar-refractivity contribution >= 4 is 28.5 Å². The van der Waals surface area contributed by atoms with E-state index in [0.717, 1.165) is 29.3 Å². The highest BCUT2D eigenvalue weighted by molar-refractivity contribution is 6.35. The Kier molecular flexibility index (Phi) is 3.59. The first-order chi connectivity index (χ1) is 9.65. The molecule has 1 aliphatic rings. The Morgan fingerprint density at radius 2 is 2.20 bits per heavy atom. The van der Waals surface area contributed by atoms with Crippen LogP contribution in [0.25, 0.3) is 10.9 Å². The highest BCUT2D eigenvalue weighted by Gasteiger charge is 2.30. The summed E-state index contributed by atoms with van der Waals surface area (Å²) in [6.07, 6.45) is 3.89. The van der Waals surface area contributed by atoms with Crippen LogP contribution in [0.3, 0.4) is 0 Å². The van der Waals surface area contributed by atoms with E-state index in [9.17, 15) is 4.79 Å². The molecule has 0 atom stereocenters. The van der Waals surface area contributed by atoms with Crippen LogP contribution in [0.15, 0.2) is 30.5 Å². The number of carboxylic acids is 1. The molecule has 1 aromatic heterocycles. The largest absolute Gasteiger partial charge is 0.480 e. The number of hydrogen-bond acceptors (Lipinski definition) is 3. The lowest BCUT2D eigenvalue weighted by Gasteiger charge is -2.20. The van der Waals surface area contributed by atoms with Gasteiger partial charge in [0.05, 0.1) is 12.1 Å². The van der Waals surface area contributed by atoms with Gasteiger partial charge in [-0.1, -0.05) is 17.7 Å². The van der Waals surface area contributed by atoms with Crippen molar-refractivity contribution in [1.29, 1.82) is 0 Å². The SMILES string of the molecule is O=C(O)CN(Cc1ccc(Cl)c2cccnc12)C1CC1. The van der Waals surface area contributed by atoms with Crippen molar-refractivity contribution < 1.29 is 9.90 Å². The van der Waals surface area contributed by atoms with Gasteiger partial charge in [-0.05, 0) is 36.6 Å². The van der Waals surface area contributed by atoms with Crippen LogP contribution in [0.5, 0.6) is 0 Å². The number of fused-ring (bicyclic) bond motifs is 1. The van der Waals surface area contributed by atoms with E-state index in [4.69, 9.17) is 16.7 Å². The fourth-order valence-electron chi connectivity index (χ4n) is 2.47. The lowest BCUT2D eigenvalue weighted by atomic mass is 10.1. The minimum absolute atomic E-state index is 0.0711. The minimum Gasteiger partial charge on any atom is -0.480 e. The molecule has 0 amide bonds. The Morgan fingerprint density at radius 3 is 2.90 bits per heavy atom. The van der Waals surface area contributed by atoms with Gasteiger partial charge in [-0.15, -0.1) is 0 Å². The van der Waals surface area contributed by atoms with Crippen molar-refractivity contribution in [2.24, 2.45) is 0 Å². The molecule has 3 rings (SSSR count). The second kappa shape index (κ2) is 5.38. The summed E-state index contributed by atoms with van der Waals surface area (Å²) in [6.45, 7) is 0.670. The molecule has 0 bridgehead atoms. The van der Waals surface area contributed by atoms with E-state index < -0.39 is 5.97 Å². The molecule has 1 saturated carbocycles. The van der Waals surface area contributed by atoms with Crippen LogP contribution in [0.4, 0.5) is 0 Å². The van der Waals surface area contributed by atoms with Crippen LogP contribution in [-0.4, -0.2) is 33.5 Å². The Morgan fingerprint density at radius 1 is 1.40 bits per heavy atom. The highest BCUT2D eigenvalue weighted by atomic mass is 35.5. The second-order valence-electron chi connectivity index (χ2n) is 5.14. The number of nitrogens with zero attached hydrogens (tertiary/aromatic N) is 2. The number of rotatable bonds is 5. The Bertz CT molecular complexity index is 655. The third-order valence-electron chi connectivity index (χ3n) is 3.58. The van der Waals surface area contributed by atoms with Crippen molar-refractivity contribution in [2.45, 2.75) is 25.4 Å². The summed E-state index contributed by atoms with van der Waals surface area (Å²) in [6, 6.07) is 7.98. The molecule has 104 valence electrons. The zero-order chi connectivity index (χ0) is 14.1. The third kappa shape index (κ3) is 2.76. The monoisotopic (exact) mass is 290 g/mol. The van der Waals surface area contributed by atoms with E-state index in [2.05, 4.69) is 4.98 Å². The molecule has 0 radical (unpaired) electrons. The molecule has 0 aliphatic heterocycles. The summed E-state index contributed by atoms with van der Waals surface area (Å²) in [5, 5.41) is 10.6. The quantitative estimate of drug-likeness (QED) is 0.920. The predicted octanol–water partition coefficient (Wildman–Crippen LogP) is 2.94. The van der Waals surface area contributed by atoms with Gasteiger partial charge in [0, 0.05) is 29.2 Å². The molecule has 2 aromatic rings. The Balaban J connectivity index is 1.93. The molecule has 5 heteroatoms. The number of carbonyl (C=O) groups is 1. The normalized spacial score (nSPS) is 14.9. The molecule has 4 nitrogen and oxygen atoms in total. The van der Waals surface area contributed by atoms with E-state index in [1.54, 1.807) is 6.20 Å². The number of carboxylic acid groups (broad SMARTS) is 1. The second-order valence-corrected chi connectivity index (χ2v) is 5.54. The molecular formula is C15H15ClN2O2. The molecule has 0 unspecified atom stereocenters. The molecular weight excluding hydrogens is 276 g/mol. The molecule has 20 heavy (non-hydrogen) atoms. The summed E-state index contributed by atoms with van der Waals surface area (Å²) < 4.78 is 0. The lowest BCUT2D eigenvalue weighted by Crippen LogP contribution is -2.31. The highest BCUT2D eigenvalue weighted by Crippen LogP contribution is 2.30. The fourth-order valence-corrected chi connectivity index (χ4v) is 2.69. The number of hydrogen-bond donors (Lipinski definition) is 1. The van der Waals surface area contributed by atoms with Crippen LogP contribution in [0.1, 0.15) is 18.4 Å². The summed E-state index contributed by atoms with van der Waals surface area (Å²) >= 11 is 6.18. The van der Waals surface area contributed by atoms with Crippen LogP contribution in [0.2, 0.25) is 5.02 Å². The molecule has 0 spiro atoms. The summed E-state index contributed by atoms with van der Waals surface area (Å²) in [5.41, 5.74) is 1.88. The maximum absolute atomic E-state index is 11.0. The zero-order valence-corrected chi connectivity index (χ0v) is 11.7. The summed E-state index contributed by atoms with van der Waals surface area (Å²) in [4.78, 5) is 17.4. The lowest BCUT2D eigenvalue weighted by molar-refractivity contribution is -0.138. The number of pyridine rings is 1. The topological polar surface area (TPSA) is 53.4 Å². The van der Waals surface area contributed by atoms with E-state index in [1.165, 1.54) is 0 Å². The third-order valence-corrected chi connectivity index (χ3v) is 3.90.